The quantitative estimate of drug-likeness (QED) is 0.522. The third-order valence-corrected chi connectivity index (χ3v) is 4.10. The Morgan fingerprint density at radius 3 is 1.44 bits per heavy atom. The van der Waals surface area contributed by atoms with Crippen molar-refractivity contribution in [3.63, 3.8) is 0 Å². The first-order chi connectivity index (χ1) is 6.42. The van der Waals surface area contributed by atoms with E-state index in [1.54, 1.807) is 0 Å². The molecule has 2 atom stereocenters. The van der Waals surface area contributed by atoms with Crippen molar-refractivity contribution in [3.8, 4) is 0 Å². The van der Waals surface area contributed by atoms with Gasteiger partial charge < -0.3 is 37.8 Å². The van der Waals surface area contributed by atoms with Gasteiger partial charge in [-0.25, -0.2) is 0 Å². The van der Waals surface area contributed by atoms with Crippen molar-refractivity contribution in [2.45, 2.75) is 27.7 Å². The number of allylic oxidation sites excluding steroid dienone is 2. The third kappa shape index (κ3) is 2.95. The van der Waals surface area contributed by atoms with E-state index in [1.165, 1.54) is 0 Å². The van der Waals surface area contributed by atoms with Gasteiger partial charge in [-0.2, -0.15) is 10.8 Å². The van der Waals surface area contributed by atoms with Gasteiger partial charge in [-0.15, -0.1) is 0 Å². The molecule has 2 aliphatic carbocycles. The van der Waals surface area contributed by atoms with Gasteiger partial charge in [0.25, 0.3) is 0 Å². The van der Waals surface area contributed by atoms with Crippen LogP contribution in [-0.2, 0) is 39.6 Å². The van der Waals surface area contributed by atoms with Gasteiger partial charge >= 0.3 is 39.6 Å². The van der Waals surface area contributed by atoms with E-state index in [0.717, 1.165) is 0 Å². The summed E-state index contributed by atoms with van der Waals surface area (Å²) in [6.45, 7) is 9.36. The molecule has 1 radical (unpaired) electrons. The second kappa shape index (κ2) is 5.60. The van der Waals surface area contributed by atoms with E-state index in [0.29, 0.717) is 22.7 Å². The van der Waals surface area contributed by atoms with Crippen LogP contribution >= 0.6 is 0 Å². The Morgan fingerprint density at radius 1 is 0.812 bits per heavy atom. The molecule has 1 fully saturated rings. The summed E-state index contributed by atoms with van der Waals surface area (Å²) >= 11 is 0. The molecule has 0 aliphatic heterocycles. The van der Waals surface area contributed by atoms with Crippen LogP contribution in [0.4, 0.5) is 0 Å². The SMILES string of the molecule is CC1(C)[CH-]C2[CH-]C=C[CH-]C2[CH-]C1(C)C.[V+2].[W+2]. The van der Waals surface area contributed by atoms with Gasteiger partial charge in [0.1, 0.15) is 0 Å². The molecule has 0 nitrogen and oxygen atoms in total. The molecule has 0 bridgehead atoms. The maximum absolute atomic E-state index is 2.51. The monoisotopic (exact) mass is 423 g/mol. The zero-order valence-electron chi connectivity index (χ0n) is 10.5. The normalized spacial score (nSPS) is 33.2. The first kappa shape index (κ1) is 16.8. The average Bonchev–Trinajstić information content (AvgIpc) is 2.05. The molecule has 0 aromatic heterocycles. The fraction of sp³-hybridized carbons (Fsp3) is 0.571. The molecule has 0 amide bonds. The van der Waals surface area contributed by atoms with Gasteiger partial charge in [0.05, 0.1) is 0 Å². The molecule has 16 heavy (non-hydrogen) atoms. The van der Waals surface area contributed by atoms with Gasteiger partial charge in [-0.1, -0.05) is 27.7 Å². The molecule has 2 heteroatoms. The minimum absolute atomic E-state index is 0. The van der Waals surface area contributed by atoms with Gasteiger partial charge in [-0.3, -0.25) is 11.8 Å². The van der Waals surface area contributed by atoms with Crippen LogP contribution in [0.15, 0.2) is 12.2 Å². The average molecular weight is 423 g/mol. The Labute approximate surface area is 127 Å². The van der Waals surface area contributed by atoms with Crippen LogP contribution in [0.3, 0.4) is 0 Å². The fourth-order valence-electron chi connectivity index (χ4n) is 2.37. The summed E-state index contributed by atoms with van der Waals surface area (Å²) in [5.41, 5.74) is 0.591. The summed E-state index contributed by atoms with van der Waals surface area (Å²) in [7, 11) is 0. The Morgan fingerprint density at radius 2 is 1.12 bits per heavy atom. The first-order valence-corrected chi connectivity index (χ1v) is 5.49. The van der Waals surface area contributed by atoms with E-state index in [-0.39, 0.29) is 39.6 Å². The standard InChI is InChI=1S/C14H20.V.W/c1-13(2)9-11-7-5-6-8-12(11)10-14(13,3)4;;/h5-12H,1-4H3;;/q-4;2*+2. The second-order valence-electron chi connectivity index (χ2n) is 5.70. The maximum atomic E-state index is 2.51. The van der Waals surface area contributed by atoms with Crippen LogP contribution in [0, 0.1) is 48.3 Å². The van der Waals surface area contributed by atoms with Gasteiger partial charge in [0, 0.05) is 0 Å². The third-order valence-electron chi connectivity index (χ3n) is 4.10. The van der Waals surface area contributed by atoms with E-state index in [9.17, 15) is 0 Å². The number of fused-ring (bicyclic) bond motifs is 1. The number of hydrogen-bond acceptors (Lipinski definition) is 0. The second-order valence-corrected chi connectivity index (χ2v) is 5.70. The molecule has 87 valence electrons. The van der Waals surface area contributed by atoms with Crippen LogP contribution in [0.1, 0.15) is 27.7 Å². The molecule has 2 rings (SSSR count). The molecular formula is C14H20VW. The molecule has 2 aliphatic rings. The Balaban J connectivity index is 0.00000112. The van der Waals surface area contributed by atoms with Gasteiger partial charge in [-0.05, 0) is 0 Å². The Kier molecular flexibility index (Phi) is 5.86. The Hall–Kier alpha value is 0.753. The van der Waals surface area contributed by atoms with Gasteiger partial charge in [0.2, 0.25) is 0 Å². The zero-order valence-corrected chi connectivity index (χ0v) is 14.8. The molecule has 0 aromatic rings. The maximum Gasteiger partial charge on any atom is 2.00 e. The van der Waals surface area contributed by atoms with Crippen molar-refractivity contribution in [3.05, 3.63) is 37.8 Å². The van der Waals surface area contributed by atoms with Crippen molar-refractivity contribution in [1.29, 1.82) is 0 Å². The zero-order chi connectivity index (χ0) is 10.4. The summed E-state index contributed by atoms with van der Waals surface area (Å²) in [4.78, 5) is 0. The van der Waals surface area contributed by atoms with E-state index in [1.807, 2.05) is 0 Å². The van der Waals surface area contributed by atoms with Crippen molar-refractivity contribution in [2.75, 3.05) is 0 Å². The summed E-state index contributed by atoms with van der Waals surface area (Å²) in [6.07, 6.45) is 14.0. The number of rotatable bonds is 0. The summed E-state index contributed by atoms with van der Waals surface area (Å²) in [5, 5.41) is 0. The van der Waals surface area contributed by atoms with Crippen LogP contribution in [0.2, 0.25) is 0 Å². The summed E-state index contributed by atoms with van der Waals surface area (Å²) < 4.78 is 0. The van der Waals surface area contributed by atoms with E-state index >= 15 is 0 Å². The molecule has 2 unspecified atom stereocenters. The minimum Gasteiger partial charge on any atom is -0.381 e. The molecule has 1 saturated carbocycles. The topological polar surface area (TPSA) is 0 Å². The van der Waals surface area contributed by atoms with E-state index in [2.05, 4.69) is 65.5 Å². The molecule has 0 heterocycles. The summed E-state index contributed by atoms with van der Waals surface area (Å²) in [6, 6.07) is 0. The van der Waals surface area contributed by atoms with Crippen molar-refractivity contribution in [1.82, 2.24) is 0 Å². The molecule has 0 spiro atoms. The largest absolute Gasteiger partial charge is 2.00 e. The van der Waals surface area contributed by atoms with E-state index < -0.39 is 0 Å². The minimum atomic E-state index is 0. The van der Waals surface area contributed by atoms with Crippen molar-refractivity contribution >= 4 is 0 Å². The van der Waals surface area contributed by atoms with E-state index in [4.69, 9.17) is 0 Å². The van der Waals surface area contributed by atoms with Crippen LogP contribution in [0.25, 0.3) is 0 Å². The first-order valence-electron chi connectivity index (χ1n) is 5.49. The Bertz CT molecular complexity index is 229. The predicted molar refractivity (Wildman–Crippen MR) is 60.9 cm³/mol. The van der Waals surface area contributed by atoms with Crippen LogP contribution < -0.4 is 0 Å². The fourth-order valence-corrected chi connectivity index (χ4v) is 2.37. The molecule has 0 N–H and O–H groups in total. The number of hydrogen-bond donors (Lipinski definition) is 0. The van der Waals surface area contributed by atoms with Crippen LogP contribution in [-0.4, -0.2) is 0 Å². The summed E-state index contributed by atoms with van der Waals surface area (Å²) in [5.74, 6) is 1.23. The molecular weight excluding hydrogens is 403 g/mol. The molecule has 0 aromatic carbocycles. The van der Waals surface area contributed by atoms with Crippen LogP contribution in [0.5, 0.6) is 0 Å². The van der Waals surface area contributed by atoms with Gasteiger partial charge in [0.15, 0.2) is 0 Å². The van der Waals surface area contributed by atoms with Crippen molar-refractivity contribution in [2.24, 2.45) is 22.7 Å². The van der Waals surface area contributed by atoms with Crippen molar-refractivity contribution < 1.29 is 39.6 Å². The smallest absolute Gasteiger partial charge is 0.381 e. The predicted octanol–water partition coefficient (Wildman–Crippen LogP) is 3.67. The molecule has 0 saturated heterocycles.